The van der Waals surface area contributed by atoms with Crippen LogP contribution in [0.2, 0.25) is 0 Å². The molecule has 122 valence electrons. The summed E-state index contributed by atoms with van der Waals surface area (Å²) in [5.41, 5.74) is 0.680. The Labute approximate surface area is 136 Å². The fraction of sp³-hybridized carbons (Fsp3) is 0.611. The summed E-state index contributed by atoms with van der Waals surface area (Å²) >= 11 is 0. The third kappa shape index (κ3) is 2.02. The number of carbonyl (C=O) groups excluding carboxylic acids is 2. The molecule has 5 heteroatoms. The number of carbonyl (C=O) groups is 2. The van der Waals surface area contributed by atoms with Gasteiger partial charge in [0.15, 0.2) is 0 Å². The van der Waals surface area contributed by atoms with Crippen LogP contribution < -0.4 is 0 Å². The van der Waals surface area contributed by atoms with Gasteiger partial charge in [0, 0.05) is 43.4 Å². The van der Waals surface area contributed by atoms with Gasteiger partial charge in [0.2, 0.25) is 5.91 Å². The number of aromatic nitrogens is 1. The SMILES string of the molecule is CC(=O)N1[C@@H]2CN(C(=O)c3cccnc3)[C@@H]3CCC[C@H]1[C@]3(C)C2. The number of amides is 2. The Balaban J connectivity index is 1.72. The van der Waals surface area contributed by atoms with Crippen molar-refractivity contribution < 1.29 is 9.59 Å². The highest BCUT2D eigenvalue weighted by Gasteiger charge is 2.61. The number of rotatable bonds is 1. The van der Waals surface area contributed by atoms with Crippen molar-refractivity contribution in [1.29, 1.82) is 0 Å². The van der Waals surface area contributed by atoms with Gasteiger partial charge in [0.25, 0.3) is 5.91 Å². The van der Waals surface area contributed by atoms with E-state index in [1.807, 2.05) is 11.0 Å². The fourth-order valence-corrected chi connectivity index (χ4v) is 5.35. The summed E-state index contributed by atoms with van der Waals surface area (Å²) in [4.78, 5) is 33.4. The first-order chi connectivity index (χ1) is 11.0. The average Bonchev–Trinajstić information content (AvgIpc) is 2.84. The zero-order valence-electron chi connectivity index (χ0n) is 13.7. The molecule has 4 rings (SSSR count). The van der Waals surface area contributed by atoms with E-state index < -0.39 is 0 Å². The Morgan fingerprint density at radius 2 is 2.09 bits per heavy atom. The van der Waals surface area contributed by atoms with Gasteiger partial charge < -0.3 is 9.80 Å². The molecule has 4 atom stereocenters. The van der Waals surface area contributed by atoms with Crippen molar-refractivity contribution in [3.05, 3.63) is 30.1 Å². The molecule has 0 spiro atoms. The minimum atomic E-state index is 0.0324. The van der Waals surface area contributed by atoms with E-state index in [0.29, 0.717) is 12.1 Å². The van der Waals surface area contributed by atoms with E-state index in [9.17, 15) is 9.59 Å². The van der Waals surface area contributed by atoms with Gasteiger partial charge in [0.05, 0.1) is 11.6 Å². The highest BCUT2D eigenvalue weighted by atomic mass is 16.2. The molecule has 0 N–H and O–H groups in total. The molecule has 3 heterocycles. The molecule has 1 aliphatic carbocycles. The zero-order chi connectivity index (χ0) is 16.2. The molecule has 1 saturated carbocycles. The molecule has 2 aliphatic heterocycles. The molecular weight excluding hydrogens is 290 g/mol. The van der Waals surface area contributed by atoms with E-state index in [1.54, 1.807) is 25.4 Å². The monoisotopic (exact) mass is 313 g/mol. The molecule has 23 heavy (non-hydrogen) atoms. The molecule has 5 nitrogen and oxygen atoms in total. The number of piperidine rings is 1. The maximum Gasteiger partial charge on any atom is 0.255 e. The van der Waals surface area contributed by atoms with E-state index >= 15 is 0 Å². The van der Waals surface area contributed by atoms with E-state index in [-0.39, 0.29) is 35.4 Å². The maximum atomic E-state index is 13.0. The lowest BCUT2D eigenvalue weighted by Crippen LogP contribution is -2.57. The molecule has 1 aromatic rings. The van der Waals surface area contributed by atoms with E-state index in [2.05, 4.69) is 16.8 Å². The smallest absolute Gasteiger partial charge is 0.255 e. The molecular formula is C18H23N3O2. The summed E-state index contributed by atoms with van der Waals surface area (Å²) in [5, 5.41) is 0. The normalized spacial score (nSPS) is 35.3. The highest BCUT2D eigenvalue weighted by molar-refractivity contribution is 5.94. The maximum absolute atomic E-state index is 13.0. The van der Waals surface area contributed by atoms with Crippen LogP contribution in [0.25, 0.3) is 0 Å². The van der Waals surface area contributed by atoms with Gasteiger partial charge in [-0.25, -0.2) is 0 Å². The number of likely N-dealkylation sites (tertiary alicyclic amines) is 2. The standard InChI is InChI=1S/C18H23N3O2/c1-12(22)21-14-9-18(2)15(6-3-7-16(18)21)20(11-14)17(23)13-5-4-8-19-10-13/h4-5,8,10,14-16H,3,6-7,9,11H2,1-2H3/t14-,15+,16-,18+/m0/s1. The van der Waals surface area contributed by atoms with E-state index in [1.165, 1.54) is 0 Å². The second-order valence-corrected chi connectivity index (χ2v) is 7.45. The predicted octanol–water partition coefficient (Wildman–Crippen LogP) is 2.09. The number of nitrogens with zero attached hydrogens (tertiary/aromatic N) is 3. The molecule has 0 radical (unpaired) electrons. The summed E-state index contributed by atoms with van der Waals surface area (Å²) in [6, 6.07) is 4.32. The van der Waals surface area contributed by atoms with E-state index in [4.69, 9.17) is 0 Å². The molecule has 2 saturated heterocycles. The lowest BCUT2D eigenvalue weighted by molar-refractivity contribution is -0.132. The van der Waals surface area contributed by atoms with Gasteiger partial charge in [-0.15, -0.1) is 0 Å². The Kier molecular flexibility index (Phi) is 3.22. The van der Waals surface area contributed by atoms with Gasteiger partial charge in [0.1, 0.15) is 0 Å². The first-order valence-corrected chi connectivity index (χ1v) is 8.52. The minimum absolute atomic E-state index is 0.0324. The van der Waals surface area contributed by atoms with Crippen LogP contribution in [0, 0.1) is 5.41 Å². The molecule has 1 aromatic heterocycles. The van der Waals surface area contributed by atoms with Crippen LogP contribution in [0.15, 0.2) is 24.5 Å². The van der Waals surface area contributed by atoms with Crippen molar-refractivity contribution in [2.24, 2.45) is 5.41 Å². The quantitative estimate of drug-likeness (QED) is 0.798. The third-order valence-electron chi connectivity index (χ3n) is 6.20. The predicted molar refractivity (Wildman–Crippen MR) is 85.7 cm³/mol. The molecule has 2 bridgehead atoms. The summed E-state index contributed by atoms with van der Waals surface area (Å²) in [6.45, 7) is 4.60. The molecule has 0 unspecified atom stereocenters. The lowest BCUT2D eigenvalue weighted by Gasteiger charge is -2.49. The Bertz CT molecular complexity index is 647. The Morgan fingerprint density at radius 1 is 1.30 bits per heavy atom. The zero-order valence-corrected chi connectivity index (χ0v) is 13.7. The minimum Gasteiger partial charge on any atom is -0.335 e. The second kappa shape index (κ2) is 5.05. The Morgan fingerprint density at radius 3 is 2.78 bits per heavy atom. The van der Waals surface area contributed by atoms with Crippen LogP contribution in [0.5, 0.6) is 0 Å². The van der Waals surface area contributed by atoms with Crippen LogP contribution >= 0.6 is 0 Å². The fourth-order valence-electron chi connectivity index (χ4n) is 5.35. The topological polar surface area (TPSA) is 53.5 Å². The summed E-state index contributed by atoms with van der Waals surface area (Å²) in [7, 11) is 0. The van der Waals surface area contributed by atoms with Crippen LogP contribution in [0.3, 0.4) is 0 Å². The summed E-state index contributed by atoms with van der Waals surface area (Å²) in [6.07, 6.45) is 7.54. The molecule has 0 aromatic carbocycles. The van der Waals surface area contributed by atoms with Crippen LogP contribution in [0.4, 0.5) is 0 Å². The van der Waals surface area contributed by atoms with Crippen molar-refractivity contribution >= 4 is 11.8 Å². The first-order valence-electron chi connectivity index (χ1n) is 8.52. The van der Waals surface area contributed by atoms with Crippen LogP contribution in [-0.4, -0.2) is 51.3 Å². The largest absolute Gasteiger partial charge is 0.335 e. The van der Waals surface area contributed by atoms with Gasteiger partial charge >= 0.3 is 0 Å². The Hall–Kier alpha value is -1.91. The van der Waals surface area contributed by atoms with E-state index in [0.717, 1.165) is 25.7 Å². The van der Waals surface area contributed by atoms with Crippen molar-refractivity contribution in [3.63, 3.8) is 0 Å². The molecule has 2 amide bonds. The first kappa shape index (κ1) is 14.7. The van der Waals surface area contributed by atoms with Gasteiger partial charge in [-0.2, -0.15) is 0 Å². The third-order valence-corrected chi connectivity index (χ3v) is 6.20. The number of hydrogen-bond acceptors (Lipinski definition) is 3. The van der Waals surface area contributed by atoms with Crippen LogP contribution in [-0.2, 0) is 4.79 Å². The van der Waals surface area contributed by atoms with Gasteiger partial charge in [-0.05, 0) is 37.8 Å². The highest BCUT2D eigenvalue weighted by Crippen LogP contribution is 2.54. The average molecular weight is 313 g/mol. The van der Waals surface area contributed by atoms with Crippen molar-refractivity contribution in [1.82, 2.24) is 14.8 Å². The summed E-state index contributed by atoms with van der Waals surface area (Å²) in [5.74, 6) is 0.213. The van der Waals surface area contributed by atoms with Crippen molar-refractivity contribution in [3.8, 4) is 0 Å². The lowest BCUT2D eigenvalue weighted by atomic mass is 9.65. The number of pyridine rings is 1. The van der Waals surface area contributed by atoms with Crippen molar-refractivity contribution in [2.45, 2.75) is 57.7 Å². The van der Waals surface area contributed by atoms with Gasteiger partial charge in [-0.1, -0.05) is 6.92 Å². The van der Waals surface area contributed by atoms with Crippen molar-refractivity contribution in [2.75, 3.05) is 6.54 Å². The number of hydrogen-bond donors (Lipinski definition) is 0. The summed E-state index contributed by atoms with van der Waals surface area (Å²) < 4.78 is 0. The second-order valence-electron chi connectivity index (χ2n) is 7.45. The van der Waals surface area contributed by atoms with Gasteiger partial charge in [-0.3, -0.25) is 14.6 Å². The number of fused-ring (bicyclic) bond motifs is 1. The molecule has 3 aliphatic rings. The van der Waals surface area contributed by atoms with Crippen LogP contribution in [0.1, 0.15) is 49.9 Å². The molecule has 3 fully saturated rings.